The van der Waals surface area contributed by atoms with Gasteiger partial charge >= 0.3 is 0 Å². The van der Waals surface area contributed by atoms with Crippen LogP contribution >= 0.6 is 34.8 Å². The van der Waals surface area contributed by atoms with Gasteiger partial charge in [-0.1, -0.05) is 53.0 Å². The van der Waals surface area contributed by atoms with Crippen molar-refractivity contribution in [2.45, 2.75) is 18.9 Å². The van der Waals surface area contributed by atoms with Gasteiger partial charge in [0.05, 0.1) is 16.6 Å². The predicted octanol–water partition coefficient (Wildman–Crippen LogP) is 5.63. The number of halogens is 3. The van der Waals surface area contributed by atoms with E-state index < -0.39 is 0 Å². The van der Waals surface area contributed by atoms with Crippen molar-refractivity contribution in [3.05, 3.63) is 80.9 Å². The lowest BCUT2D eigenvalue weighted by Crippen LogP contribution is -2.15. The number of carbonyl (C=O) groups is 1. The van der Waals surface area contributed by atoms with Crippen molar-refractivity contribution in [1.82, 2.24) is 9.78 Å². The summed E-state index contributed by atoms with van der Waals surface area (Å²) in [5.74, 6) is 0.767. The van der Waals surface area contributed by atoms with E-state index in [1.54, 1.807) is 16.8 Å². The number of carbonyl (C=O) groups excluding carboxylic acids is 1. The molecule has 1 aliphatic rings. The van der Waals surface area contributed by atoms with Crippen LogP contribution in [0.2, 0.25) is 15.1 Å². The Morgan fingerprint density at radius 3 is 2.59 bits per heavy atom. The normalized spacial score (nSPS) is 18.3. The second-order valence-electron chi connectivity index (χ2n) is 6.64. The van der Waals surface area contributed by atoms with Gasteiger partial charge in [-0.2, -0.15) is 5.10 Å². The van der Waals surface area contributed by atoms with Gasteiger partial charge in [0.25, 0.3) is 0 Å². The Kier molecular flexibility index (Phi) is 5.13. The molecule has 1 fully saturated rings. The van der Waals surface area contributed by atoms with Crippen LogP contribution in [0, 0.1) is 5.92 Å². The minimum Gasteiger partial charge on any atom is -0.309 e. The number of aromatic nitrogens is 2. The third-order valence-corrected chi connectivity index (χ3v) is 5.64. The summed E-state index contributed by atoms with van der Waals surface area (Å²) in [6, 6.07) is 14.9. The highest BCUT2D eigenvalue weighted by atomic mass is 35.5. The summed E-state index contributed by atoms with van der Waals surface area (Å²) in [5.41, 5.74) is 2.13. The number of nitrogens with zero attached hydrogens (tertiary/aromatic N) is 2. The number of benzene rings is 2. The summed E-state index contributed by atoms with van der Waals surface area (Å²) >= 11 is 17.9. The highest BCUT2D eigenvalue weighted by Gasteiger charge is 2.44. The molecule has 1 N–H and O–H groups in total. The summed E-state index contributed by atoms with van der Waals surface area (Å²) in [5, 5.41) is 9.04. The standard InChI is InChI=1S/C20H16Cl3N3O/c21-14-4-2-13(3-5-14)15-10-16(15)20(27)24-19-7-8-26(25-19)11-12-1-6-17(22)18(23)9-12/h1-9,15-16H,10-11H2,(H,24,25,27). The fraction of sp³-hybridized carbons (Fsp3) is 0.200. The van der Waals surface area contributed by atoms with Gasteiger partial charge in [-0.15, -0.1) is 0 Å². The molecule has 0 bridgehead atoms. The summed E-state index contributed by atoms with van der Waals surface area (Å²) in [6.45, 7) is 0.545. The topological polar surface area (TPSA) is 46.9 Å². The lowest BCUT2D eigenvalue weighted by atomic mass is 10.1. The SMILES string of the molecule is O=C(Nc1ccn(Cc2ccc(Cl)c(Cl)c2)n1)C1CC1c1ccc(Cl)cc1. The van der Waals surface area contributed by atoms with E-state index in [2.05, 4.69) is 10.4 Å². The number of anilines is 1. The molecule has 0 saturated heterocycles. The third-order valence-electron chi connectivity index (χ3n) is 4.65. The summed E-state index contributed by atoms with van der Waals surface area (Å²) in [6.07, 6.45) is 2.67. The van der Waals surface area contributed by atoms with Crippen molar-refractivity contribution in [3.63, 3.8) is 0 Å². The number of hydrogen-bond donors (Lipinski definition) is 1. The van der Waals surface area contributed by atoms with Crippen molar-refractivity contribution in [1.29, 1.82) is 0 Å². The first kappa shape index (κ1) is 18.4. The van der Waals surface area contributed by atoms with Gasteiger partial charge in [0.1, 0.15) is 0 Å². The highest BCUT2D eigenvalue weighted by Crippen LogP contribution is 2.48. The number of hydrogen-bond acceptors (Lipinski definition) is 2. The van der Waals surface area contributed by atoms with Crippen LogP contribution in [-0.2, 0) is 11.3 Å². The van der Waals surface area contributed by atoms with E-state index in [1.165, 1.54) is 0 Å². The summed E-state index contributed by atoms with van der Waals surface area (Å²) in [7, 11) is 0. The van der Waals surface area contributed by atoms with Crippen LogP contribution in [-0.4, -0.2) is 15.7 Å². The van der Waals surface area contributed by atoms with E-state index in [4.69, 9.17) is 34.8 Å². The molecule has 3 aromatic rings. The quantitative estimate of drug-likeness (QED) is 0.581. The molecule has 27 heavy (non-hydrogen) atoms. The van der Waals surface area contributed by atoms with E-state index in [-0.39, 0.29) is 17.7 Å². The fourth-order valence-electron chi connectivity index (χ4n) is 3.12. The molecule has 4 nitrogen and oxygen atoms in total. The van der Waals surface area contributed by atoms with Crippen LogP contribution in [0.25, 0.3) is 0 Å². The zero-order chi connectivity index (χ0) is 19.0. The Labute approximate surface area is 172 Å². The molecule has 2 atom stereocenters. The number of rotatable bonds is 5. The molecule has 7 heteroatoms. The maximum Gasteiger partial charge on any atom is 0.229 e. The van der Waals surface area contributed by atoms with Gasteiger partial charge in [0.15, 0.2) is 5.82 Å². The zero-order valence-electron chi connectivity index (χ0n) is 14.2. The smallest absolute Gasteiger partial charge is 0.229 e. The van der Waals surface area contributed by atoms with E-state index in [1.807, 2.05) is 42.6 Å². The fourth-order valence-corrected chi connectivity index (χ4v) is 3.57. The first-order valence-corrected chi connectivity index (χ1v) is 9.67. The molecule has 1 aromatic heterocycles. The van der Waals surface area contributed by atoms with Crippen molar-refractivity contribution in [3.8, 4) is 0 Å². The maximum atomic E-state index is 12.5. The van der Waals surface area contributed by atoms with E-state index >= 15 is 0 Å². The first-order chi connectivity index (χ1) is 13.0. The van der Waals surface area contributed by atoms with Crippen molar-refractivity contribution >= 4 is 46.5 Å². The van der Waals surface area contributed by atoms with Crippen molar-refractivity contribution in [2.24, 2.45) is 5.92 Å². The number of nitrogens with one attached hydrogen (secondary N) is 1. The first-order valence-electron chi connectivity index (χ1n) is 8.53. The molecule has 0 spiro atoms. The predicted molar refractivity (Wildman–Crippen MR) is 109 cm³/mol. The van der Waals surface area contributed by atoms with Gasteiger partial charge in [-0.25, -0.2) is 0 Å². The molecule has 2 aromatic carbocycles. The monoisotopic (exact) mass is 419 g/mol. The molecular formula is C20H16Cl3N3O. The van der Waals surface area contributed by atoms with Gasteiger partial charge in [0, 0.05) is 23.2 Å². The Bertz CT molecular complexity index is 984. The molecule has 4 rings (SSSR count). The molecule has 0 radical (unpaired) electrons. The van der Waals surface area contributed by atoms with Crippen LogP contribution in [0.1, 0.15) is 23.5 Å². The zero-order valence-corrected chi connectivity index (χ0v) is 16.5. The minimum absolute atomic E-state index is 0.00487. The van der Waals surface area contributed by atoms with Gasteiger partial charge < -0.3 is 5.32 Å². The molecular weight excluding hydrogens is 405 g/mol. The highest BCUT2D eigenvalue weighted by molar-refractivity contribution is 6.42. The molecule has 1 amide bonds. The van der Waals surface area contributed by atoms with Crippen molar-refractivity contribution < 1.29 is 4.79 Å². The molecule has 138 valence electrons. The van der Waals surface area contributed by atoms with Crippen LogP contribution in [0.3, 0.4) is 0 Å². The van der Waals surface area contributed by atoms with Crippen LogP contribution in [0.4, 0.5) is 5.82 Å². The summed E-state index contributed by atoms with van der Waals surface area (Å²) < 4.78 is 1.75. The van der Waals surface area contributed by atoms with Crippen LogP contribution < -0.4 is 5.32 Å². The maximum absolute atomic E-state index is 12.5. The van der Waals surface area contributed by atoms with Gasteiger partial charge in [0.2, 0.25) is 5.91 Å². The Hall–Kier alpha value is -2.01. The minimum atomic E-state index is -0.0219. The second kappa shape index (κ2) is 7.55. The van der Waals surface area contributed by atoms with Crippen LogP contribution in [0.5, 0.6) is 0 Å². The van der Waals surface area contributed by atoms with Crippen molar-refractivity contribution in [2.75, 3.05) is 5.32 Å². The Balaban J connectivity index is 1.36. The number of amides is 1. The van der Waals surface area contributed by atoms with E-state index in [0.29, 0.717) is 27.4 Å². The third kappa shape index (κ3) is 4.29. The lowest BCUT2D eigenvalue weighted by Gasteiger charge is -2.04. The average Bonchev–Trinajstić information content (AvgIpc) is 3.33. The average molecular weight is 421 g/mol. The summed E-state index contributed by atoms with van der Waals surface area (Å²) in [4.78, 5) is 12.5. The molecule has 2 unspecified atom stereocenters. The Morgan fingerprint density at radius 1 is 1.07 bits per heavy atom. The van der Waals surface area contributed by atoms with E-state index in [9.17, 15) is 4.79 Å². The molecule has 1 aliphatic carbocycles. The van der Waals surface area contributed by atoms with E-state index in [0.717, 1.165) is 17.5 Å². The van der Waals surface area contributed by atoms with Gasteiger partial charge in [-0.05, 0) is 47.7 Å². The van der Waals surface area contributed by atoms with Crippen LogP contribution in [0.15, 0.2) is 54.7 Å². The molecule has 1 saturated carbocycles. The second-order valence-corrected chi connectivity index (χ2v) is 7.89. The van der Waals surface area contributed by atoms with Gasteiger partial charge in [-0.3, -0.25) is 9.48 Å². The lowest BCUT2D eigenvalue weighted by molar-refractivity contribution is -0.117. The Morgan fingerprint density at radius 2 is 1.85 bits per heavy atom. The molecule has 1 heterocycles. The molecule has 0 aliphatic heterocycles. The largest absolute Gasteiger partial charge is 0.309 e.